The molecule has 5 heteroatoms. The second-order valence-corrected chi connectivity index (χ2v) is 3.70. The fraction of sp³-hybridized carbons (Fsp3) is 0.333. The van der Waals surface area contributed by atoms with E-state index in [1.54, 1.807) is 11.3 Å². The Hall–Kier alpha value is -1.36. The molecule has 1 aromatic heterocycles. The van der Waals surface area contributed by atoms with Crippen LogP contribution in [0, 0.1) is 0 Å². The molecule has 0 aromatic carbocycles. The molecule has 0 bridgehead atoms. The Kier molecular flexibility index (Phi) is 3.64. The smallest absolute Gasteiger partial charge is 0.312 e. The van der Waals surface area contributed by atoms with Crippen LogP contribution in [0.5, 0.6) is 0 Å². The summed E-state index contributed by atoms with van der Waals surface area (Å²) in [5, 5.41) is 14.8. The molecule has 1 unspecified atom stereocenters. The van der Waals surface area contributed by atoms with Crippen molar-refractivity contribution in [2.24, 2.45) is 0 Å². The Bertz CT molecular complexity index is 321. The fourth-order valence-corrected chi connectivity index (χ4v) is 1.79. The molecule has 0 saturated heterocycles. The summed E-state index contributed by atoms with van der Waals surface area (Å²) in [4.78, 5) is 21.3. The summed E-state index contributed by atoms with van der Waals surface area (Å²) in [5.74, 6) is -1.57. The van der Waals surface area contributed by atoms with Gasteiger partial charge in [-0.25, -0.2) is 0 Å². The molecule has 1 aromatic rings. The summed E-state index contributed by atoms with van der Waals surface area (Å²) in [6, 6.07) is 1.77. The van der Waals surface area contributed by atoms with Crippen LogP contribution in [0.1, 0.15) is 24.9 Å². The zero-order chi connectivity index (χ0) is 10.6. The highest BCUT2D eigenvalue weighted by Crippen LogP contribution is 2.15. The Morgan fingerprint density at radius 3 is 2.86 bits per heavy atom. The van der Waals surface area contributed by atoms with Gasteiger partial charge in [0.05, 0.1) is 6.04 Å². The van der Waals surface area contributed by atoms with Crippen molar-refractivity contribution in [3.05, 3.63) is 22.4 Å². The standard InChI is InChI=1S/C9H11NO3S/c1-6(7-2-3-14-5-7)10-8(11)4-9(12)13/h2-3,5-6H,4H2,1H3,(H,10,11)(H,12,13). The lowest BCUT2D eigenvalue weighted by Gasteiger charge is -2.11. The molecule has 0 aliphatic rings. The summed E-state index contributed by atoms with van der Waals surface area (Å²) < 4.78 is 0. The Morgan fingerprint density at radius 1 is 1.64 bits per heavy atom. The minimum atomic E-state index is -1.11. The van der Waals surface area contributed by atoms with E-state index < -0.39 is 18.3 Å². The third kappa shape index (κ3) is 3.18. The van der Waals surface area contributed by atoms with Gasteiger partial charge in [-0.1, -0.05) is 0 Å². The number of aliphatic carboxylic acids is 1. The van der Waals surface area contributed by atoms with Crippen molar-refractivity contribution in [2.75, 3.05) is 0 Å². The SMILES string of the molecule is CC(NC(=O)CC(=O)O)c1ccsc1. The van der Waals surface area contributed by atoms with Crippen LogP contribution in [0.3, 0.4) is 0 Å². The predicted molar refractivity (Wildman–Crippen MR) is 53.1 cm³/mol. The molecule has 1 rings (SSSR count). The lowest BCUT2D eigenvalue weighted by atomic mass is 10.2. The van der Waals surface area contributed by atoms with Crippen LogP contribution in [0.2, 0.25) is 0 Å². The second kappa shape index (κ2) is 4.76. The van der Waals surface area contributed by atoms with Crippen LogP contribution >= 0.6 is 11.3 Å². The van der Waals surface area contributed by atoms with Crippen LogP contribution in [0.15, 0.2) is 16.8 Å². The van der Waals surface area contributed by atoms with Gasteiger partial charge in [-0.2, -0.15) is 11.3 Å². The third-order valence-electron chi connectivity index (χ3n) is 1.73. The van der Waals surface area contributed by atoms with Crippen molar-refractivity contribution in [3.63, 3.8) is 0 Å². The molecule has 0 spiro atoms. The van der Waals surface area contributed by atoms with Crippen LogP contribution in [-0.4, -0.2) is 17.0 Å². The zero-order valence-electron chi connectivity index (χ0n) is 7.69. The molecule has 0 fully saturated rings. The summed E-state index contributed by atoms with van der Waals surface area (Å²) >= 11 is 1.54. The Labute approximate surface area is 85.6 Å². The van der Waals surface area contributed by atoms with Gasteiger partial charge < -0.3 is 10.4 Å². The van der Waals surface area contributed by atoms with Crippen molar-refractivity contribution in [1.29, 1.82) is 0 Å². The maximum absolute atomic E-state index is 11.1. The summed E-state index contributed by atoms with van der Waals surface area (Å²) in [6.07, 6.45) is -0.478. The molecular weight excluding hydrogens is 202 g/mol. The summed E-state index contributed by atoms with van der Waals surface area (Å²) in [6.45, 7) is 1.82. The number of carboxylic acids is 1. The molecule has 1 amide bonds. The minimum absolute atomic E-state index is 0.131. The lowest BCUT2D eigenvalue weighted by Crippen LogP contribution is -2.28. The molecule has 0 aliphatic heterocycles. The van der Waals surface area contributed by atoms with E-state index in [0.29, 0.717) is 0 Å². The predicted octanol–water partition coefficient (Wildman–Crippen LogP) is 1.40. The van der Waals surface area contributed by atoms with Crippen LogP contribution in [0.4, 0.5) is 0 Å². The zero-order valence-corrected chi connectivity index (χ0v) is 8.50. The van der Waals surface area contributed by atoms with Crippen molar-refractivity contribution in [2.45, 2.75) is 19.4 Å². The molecule has 0 saturated carbocycles. The summed E-state index contributed by atoms with van der Waals surface area (Å²) in [5.41, 5.74) is 0.994. The molecular formula is C9H11NO3S. The molecule has 0 aliphatic carbocycles. The lowest BCUT2D eigenvalue weighted by molar-refractivity contribution is -0.140. The van der Waals surface area contributed by atoms with Crippen LogP contribution < -0.4 is 5.32 Å². The van der Waals surface area contributed by atoms with Gasteiger partial charge in [0.15, 0.2) is 0 Å². The number of amides is 1. The first-order valence-electron chi connectivity index (χ1n) is 4.13. The van der Waals surface area contributed by atoms with Gasteiger partial charge in [0.1, 0.15) is 6.42 Å². The average Bonchev–Trinajstić information content (AvgIpc) is 2.53. The first kappa shape index (κ1) is 10.7. The Morgan fingerprint density at radius 2 is 2.36 bits per heavy atom. The highest BCUT2D eigenvalue weighted by atomic mass is 32.1. The summed E-state index contributed by atoms with van der Waals surface area (Å²) in [7, 11) is 0. The average molecular weight is 213 g/mol. The molecule has 1 heterocycles. The highest BCUT2D eigenvalue weighted by molar-refractivity contribution is 7.07. The number of nitrogens with one attached hydrogen (secondary N) is 1. The quantitative estimate of drug-likeness (QED) is 0.743. The van der Waals surface area contributed by atoms with E-state index >= 15 is 0 Å². The second-order valence-electron chi connectivity index (χ2n) is 2.92. The van der Waals surface area contributed by atoms with Crippen molar-refractivity contribution >= 4 is 23.2 Å². The van der Waals surface area contributed by atoms with E-state index in [0.717, 1.165) is 5.56 Å². The Balaban J connectivity index is 2.45. The van der Waals surface area contributed by atoms with E-state index in [9.17, 15) is 9.59 Å². The number of hydrogen-bond donors (Lipinski definition) is 2. The molecule has 0 radical (unpaired) electrons. The maximum atomic E-state index is 11.1. The fourth-order valence-electron chi connectivity index (χ4n) is 1.03. The molecule has 1 atom stereocenters. The highest BCUT2D eigenvalue weighted by Gasteiger charge is 2.12. The van der Waals surface area contributed by atoms with Crippen molar-refractivity contribution < 1.29 is 14.7 Å². The number of carboxylic acid groups (broad SMARTS) is 1. The van der Waals surface area contributed by atoms with E-state index in [1.807, 2.05) is 23.8 Å². The third-order valence-corrected chi connectivity index (χ3v) is 2.43. The van der Waals surface area contributed by atoms with Gasteiger partial charge in [0.25, 0.3) is 0 Å². The van der Waals surface area contributed by atoms with Crippen LogP contribution in [-0.2, 0) is 9.59 Å². The van der Waals surface area contributed by atoms with Crippen molar-refractivity contribution in [1.82, 2.24) is 5.32 Å². The largest absolute Gasteiger partial charge is 0.481 e. The van der Waals surface area contributed by atoms with Crippen molar-refractivity contribution in [3.8, 4) is 0 Å². The van der Waals surface area contributed by atoms with E-state index in [4.69, 9.17) is 5.11 Å². The number of rotatable bonds is 4. The van der Waals surface area contributed by atoms with Gasteiger partial charge in [0.2, 0.25) is 5.91 Å². The number of carbonyl (C=O) groups excluding carboxylic acids is 1. The van der Waals surface area contributed by atoms with Gasteiger partial charge >= 0.3 is 5.97 Å². The van der Waals surface area contributed by atoms with Gasteiger partial charge in [0, 0.05) is 0 Å². The normalized spacial score (nSPS) is 12.1. The number of carbonyl (C=O) groups is 2. The van der Waals surface area contributed by atoms with E-state index in [1.165, 1.54) is 0 Å². The van der Waals surface area contributed by atoms with E-state index in [2.05, 4.69) is 5.32 Å². The first-order valence-corrected chi connectivity index (χ1v) is 5.07. The molecule has 14 heavy (non-hydrogen) atoms. The topological polar surface area (TPSA) is 66.4 Å². The van der Waals surface area contributed by atoms with E-state index in [-0.39, 0.29) is 6.04 Å². The van der Waals surface area contributed by atoms with Gasteiger partial charge in [-0.15, -0.1) is 0 Å². The first-order chi connectivity index (χ1) is 6.59. The number of hydrogen-bond acceptors (Lipinski definition) is 3. The monoisotopic (exact) mass is 213 g/mol. The maximum Gasteiger partial charge on any atom is 0.312 e. The number of thiophene rings is 1. The molecule has 2 N–H and O–H groups in total. The molecule has 76 valence electrons. The molecule has 4 nitrogen and oxygen atoms in total. The van der Waals surface area contributed by atoms with Gasteiger partial charge in [-0.05, 0) is 29.3 Å². The van der Waals surface area contributed by atoms with Gasteiger partial charge in [-0.3, -0.25) is 9.59 Å². The van der Waals surface area contributed by atoms with Crippen LogP contribution in [0.25, 0.3) is 0 Å². The minimum Gasteiger partial charge on any atom is -0.481 e.